The number of aromatic amines is 1. The molecule has 2 amide bonds. The van der Waals surface area contributed by atoms with E-state index in [0.717, 1.165) is 27.4 Å². The largest absolute Gasteiger partial charge is 0.481 e. The Morgan fingerprint density at radius 2 is 2.08 bits per heavy atom. The molecule has 1 aromatic carbocycles. The van der Waals surface area contributed by atoms with Crippen LogP contribution in [-0.4, -0.2) is 46.6 Å². The van der Waals surface area contributed by atoms with E-state index < -0.39 is 5.97 Å². The highest BCUT2D eigenvalue weighted by molar-refractivity contribution is 9.10. The minimum Gasteiger partial charge on any atom is -0.481 e. The van der Waals surface area contributed by atoms with Crippen LogP contribution >= 0.6 is 15.9 Å². The third-order valence-corrected chi connectivity index (χ3v) is 5.02. The van der Waals surface area contributed by atoms with Gasteiger partial charge in [0.25, 0.3) is 0 Å². The van der Waals surface area contributed by atoms with Crippen LogP contribution in [0, 0.1) is 5.92 Å². The van der Waals surface area contributed by atoms with Gasteiger partial charge in [-0.05, 0) is 43.0 Å². The monoisotopic (exact) mass is 393 g/mol. The van der Waals surface area contributed by atoms with Crippen LogP contribution in [0.25, 0.3) is 10.9 Å². The average Bonchev–Trinajstić information content (AvgIpc) is 2.97. The van der Waals surface area contributed by atoms with Crippen molar-refractivity contribution in [2.24, 2.45) is 5.92 Å². The van der Waals surface area contributed by atoms with Crippen LogP contribution in [0.15, 0.2) is 28.9 Å². The molecule has 0 aliphatic carbocycles. The molecular weight excluding hydrogens is 374 g/mol. The van der Waals surface area contributed by atoms with E-state index in [4.69, 9.17) is 5.11 Å². The van der Waals surface area contributed by atoms with E-state index in [2.05, 4.69) is 32.3 Å². The van der Waals surface area contributed by atoms with Crippen LogP contribution in [0.2, 0.25) is 0 Å². The summed E-state index contributed by atoms with van der Waals surface area (Å²) in [5.74, 6) is -1.08. The van der Waals surface area contributed by atoms with Crippen LogP contribution < -0.4 is 5.32 Å². The van der Waals surface area contributed by atoms with Crippen molar-refractivity contribution in [3.63, 3.8) is 0 Å². The summed E-state index contributed by atoms with van der Waals surface area (Å²) in [4.78, 5) is 28.0. The molecule has 2 aromatic rings. The Hall–Kier alpha value is -2.02. The van der Waals surface area contributed by atoms with Gasteiger partial charge in [0.2, 0.25) is 0 Å². The average molecular weight is 394 g/mol. The second kappa shape index (κ2) is 7.25. The molecule has 0 unspecified atom stereocenters. The zero-order valence-corrected chi connectivity index (χ0v) is 14.8. The van der Waals surface area contributed by atoms with Gasteiger partial charge < -0.3 is 20.3 Å². The number of fused-ring (bicyclic) bond motifs is 1. The number of H-pyrrole nitrogens is 1. The molecule has 7 heteroatoms. The number of carbonyl (C=O) groups excluding carboxylic acids is 1. The van der Waals surface area contributed by atoms with E-state index in [-0.39, 0.29) is 11.9 Å². The third kappa shape index (κ3) is 3.72. The zero-order chi connectivity index (χ0) is 17.1. The highest BCUT2D eigenvalue weighted by atomic mass is 79.9. The number of piperidine rings is 1. The van der Waals surface area contributed by atoms with E-state index in [1.165, 1.54) is 0 Å². The Labute approximate surface area is 148 Å². The Bertz CT molecular complexity index is 751. The molecule has 1 fully saturated rings. The molecule has 1 aromatic heterocycles. The molecular formula is C17H20BrN3O3. The SMILES string of the molecule is O=C(O)C1CCN(C(=O)NCCc2c[nH]c3ccc(Br)cc23)CC1. The van der Waals surface area contributed by atoms with Crippen LogP contribution in [0.3, 0.4) is 0 Å². The first-order chi connectivity index (χ1) is 11.5. The number of benzene rings is 1. The summed E-state index contributed by atoms with van der Waals surface area (Å²) in [6.45, 7) is 1.56. The standard InChI is InChI=1S/C17H20BrN3O3/c18-13-1-2-15-14(9-13)12(10-20-15)3-6-19-17(24)21-7-4-11(5-8-21)16(22)23/h1-2,9-11,20H,3-8H2,(H,19,24)(H,22,23). The van der Waals surface area contributed by atoms with Crippen molar-refractivity contribution in [3.05, 3.63) is 34.4 Å². The van der Waals surface area contributed by atoms with Gasteiger partial charge in [-0.2, -0.15) is 0 Å². The lowest BCUT2D eigenvalue weighted by Crippen LogP contribution is -2.45. The van der Waals surface area contributed by atoms with Gasteiger partial charge in [0.1, 0.15) is 0 Å². The van der Waals surface area contributed by atoms with E-state index in [9.17, 15) is 9.59 Å². The number of urea groups is 1. The van der Waals surface area contributed by atoms with Crippen molar-refractivity contribution in [1.29, 1.82) is 0 Å². The number of halogens is 1. The van der Waals surface area contributed by atoms with Crippen molar-refractivity contribution >= 4 is 38.8 Å². The summed E-state index contributed by atoms with van der Waals surface area (Å²) in [6, 6.07) is 5.97. The van der Waals surface area contributed by atoms with Gasteiger partial charge in [0.05, 0.1) is 5.92 Å². The van der Waals surface area contributed by atoms with E-state index in [0.29, 0.717) is 32.5 Å². The second-order valence-corrected chi connectivity index (χ2v) is 7.00. The number of carbonyl (C=O) groups is 2. The first kappa shape index (κ1) is 16.8. The molecule has 0 saturated carbocycles. The number of rotatable bonds is 4. The summed E-state index contributed by atoms with van der Waals surface area (Å²) in [7, 11) is 0. The van der Waals surface area contributed by atoms with Crippen LogP contribution in [0.4, 0.5) is 4.79 Å². The fraction of sp³-hybridized carbons (Fsp3) is 0.412. The molecule has 0 bridgehead atoms. The van der Waals surface area contributed by atoms with E-state index in [1.807, 2.05) is 18.3 Å². The summed E-state index contributed by atoms with van der Waals surface area (Å²) >= 11 is 3.48. The number of aromatic nitrogens is 1. The normalized spacial score (nSPS) is 15.6. The Kier molecular flexibility index (Phi) is 5.08. The summed E-state index contributed by atoms with van der Waals surface area (Å²) in [5.41, 5.74) is 2.24. The number of hydrogen-bond donors (Lipinski definition) is 3. The molecule has 1 aliphatic rings. The van der Waals surface area contributed by atoms with Gasteiger partial charge in [-0.15, -0.1) is 0 Å². The van der Waals surface area contributed by atoms with Gasteiger partial charge in [0, 0.05) is 41.2 Å². The Morgan fingerprint density at radius 1 is 1.33 bits per heavy atom. The zero-order valence-electron chi connectivity index (χ0n) is 13.2. The van der Waals surface area contributed by atoms with Gasteiger partial charge in [-0.1, -0.05) is 15.9 Å². The first-order valence-corrected chi connectivity index (χ1v) is 8.85. The molecule has 3 N–H and O–H groups in total. The maximum absolute atomic E-state index is 12.2. The fourth-order valence-corrected chi connectivity index (χ4v) is 3.46. The van der Waals surface area contributed by atoms with E-state index in [1.54, 1.807) is 4.90 Å². The smallest absolute Gasteiger partial charge is 0.317 e. The molecule has 6 nitrogen and oxygen atoms in total. The number of nitrogens with one attached hydrogen (secondary N) is 2. The maximum atomic E-state index is 12.2. The van der Waals surface area contributed by atoms with Gasteiger partial charge >= 0.3 is 12.0 Å². The Balaban J connectivity index is 1.50. The lowest BCUT2D eigenvalue weighted by atomic mass is 9.97. The summed E-state index contributed by atoms with van der Waals surface area (Å²) in [5, 5.41) is 13.1. The Morgan fingerprint density at radius 3 is 2.79 bits per heavy atom. The van der Waals surface area contributed by atoms with Crippen molar-refractivity contribution in [2.45, 2.75) is 19.3 Å². The molecule has 0 spiro atoms. The van der Waals surface area contributed by atoms with Gasteiger partial charge in [-0.3, -0.25) is 4.79 Å². The topological polar surface area (TPSA) is 85.4 Å². The number of aliphatic carboxylic acids is 1. The lowest BCUT2D eigenvalue weighted by molar-refractivity contribution is -0.143. The van der Waals surface area contributed by atoms with E-state index >= 15 is 0 Å². The second-order valence-electron chi connectivity index (χ2n) is 6.09. The number of nitrogens with zero attached hydrogens (tertiary/aromatic N) is 1. The van der Waals surface area contributed by atoms with Crippen molar-refractivity contribution in [2.75, 3.05) is 19.6 Å². The molecule has 24 heavy (non-hydrogen) atoms. The predicted molar refractivity (Wildman–Crippen MR) is 95.0 cm³/mol. The molecule has 1 saturated heterocycles. The quantitative estimate of drug-likeness (QED) is 0.746. The number of amides is 2. The van der Waals surface area contributed by atoms with Crippen LogP contribution in [0.5, 0.6) is 0 Å². The van der Waals surface area contributed by atoms with Crippen LogP contribution in [-0.2, 0) is 11.2 Å². The van der Waals surface area contributed by atoms with Crippen molar-refractivity contribution < 1.29 is 14.7 Å². The minimum absolute atomic E-state index is 0.111. The number of carboxylic acids is 1. The van der Waals surface area contributed by atoms with Gasteiger partial charge in [0.15, 0.2) is 0 Å². The predicted octanol–water partition coefficient (Wildman–Crippen LogP) is 2.98. The molecule has 1 aliphatic heterocycles. The molecule has 3 rings (SSSR count). The van der Waals surface area contributed by atoms with Crippen molar-refractivity contribution in [3.8, 4) is 0 Å². The molecule has 0 radical (unpaired) electrons. The number of carboxylic acid groups (broad SMARTS) is 1. The third-order valence-electron chi connectivity index (χ3n) is 4.53. The lowest BCUT2D eigenvalue weighted by Gasteiger charge is -2.30. The summed E-state index contributed by atoms with van der Waals surface area (Å²) in [6.07, 6.45) is 3.77. The van der Waals surface area contributed by atoms with Crippen LogP contribution in [0.1, 0.15) is 18.4 Å². The van der Waals surface area contributed by atoms with Gasteiger partial charge in [-0.25, -0.2) is 4.79 Å². The van der Waals surface area contributed by atoms with Crippen molar-refractivity contribution in [1.82, 2.24) is 15.2 Å². The number of hydrogen-bond acceptors (Lipinski definition) is 2. The summed E-state index contributed by atoms with van der Waals surface area (Å²) < 4.78 is 1.03. The fourth-order valence-electron chi connectivity index (χ4n) is 3.10. The molecule has 0 atom stereocenters. The number of likely N-dealkylation sites (tertiary alicyclic amines) is 1. The maximum Gasteiger partial charge on any atom is 0.317 e. The first-order valence-electron chi connectivity index (χ1n) is 8.05. The molecule has 2 heterocycles. The highest BCUT2D eigenvalue weighted by Crippen LogP contribution is 2.23. The molecule has 128 valence electrons. The minimum atomic E-state index is -0.763. The highest BCUT2D eigenvalue weighted by Gasteiger charge is 2.26.